The Kier molecular flexibility index (Phi) is 6.45. The smallest absolute Gasteiger partial charge is 0.252 e. The molecule has 7 nitrogen and oxygen atoms in total. The van der Waals surface area contributed by atoms with E-state index in [0.29, 0.717) is 23.9 Å². The van der Waals surface area contributed by atoms with E-state index in [-0.39, 0.29) is 12.5 Å². The van der Waals surface area contributed by atoms with Gasteiger partial charge in [-0.05, 0) is 25.0 Å². The molecule has 7 heteroatoms. The molecule has 146 valence electrons. The van der Waals surface area contributed by atoms with Crippen LogP contribution in [0, 0.1) is 5.92 Å². The normalized spacial score (nSPS) is 16.9. The van der Waals surface area contributed by atoms with Crippen molar-refractivity contribution < 1.29 is 9.90 Å². The van der Waals surface area contributed by atoms with E-state index in [4.69, 9.17) is 0 Å². The zero-order valence-electron chi connectivity index (χ0n) is 16.1. The average molecular weight is 371 g/mol. The number of nitrogens with one attached hydrogen (secondary N) is 1. The Labute approximate surface area is 160 Å². The van der Waals surface area contributed by atoms with E-state index in [1.165, 1.54) is 0 Å². The van der Waals surface area contributed by atoms with Crippen LogP contribution in [-0.4, -0.2) is 51.8 Å². The van der Waals surface area contributed by atoms with Gasteiger partial charge in [-0.15, -0.1) is 0 Å². The molecule has 0 aromatic carbocycles. The van der Waals surface area contributed by atoms with Crippen LogP contribution in [0.25, 0.3) is 0 Å². The Morgan fingerprint density at radius 1 is 1.37 bits per heavy atom. The van der Waals surface area contributed by atoms with Crippen LogP contribution in [0.15, 0.2) is 30.7 Å². The molecule has 1 amide bonds. The molecule has 2 aromatic rings. The molecule has 1 aliphatic rings. The van der Waals surface area contributed by atoms with Gasteiger partial charge in [0.1, 0.15) is 11.6 Å². The van der Waals surface area contributed by atoms with E-state index in [0.717, 1.165) is 44.1 Å². The van der Waals surface area contributed by atoms with Gasteiger partial charge in [0.2, 0.25) is 0 Å². The number of rotatable bonds is 8. The van der Waals surface area contributed by atoms with Crippen molar-refractivity contribution in [1.82, 2.24) is 19.9 Å². The van der Waals surface area contributed by atoms with Gasteiger partial charge in [-0.1, -0.05) is 13.8 Å². The van der Waals surface area contributed by atoms with Crippen molar-refractivity contribution in [3.8, 4) is 0 Å². The molecule has 3 heterocycles. The van der Waals surface area contributed by atoms with E-state index in [9.17, 15) is 9.90 Å². The lowest BCUT2D eigenvalue weighted by molar-refractivity contribution is 0.0952. The maximum absolute atomic E-state index is 12.3. The molecule has 0 spiro atoms. The highest BCUT2D eigenvalue weighted by Crippen LogP contribution is 2.21. The van der Waals surface area contributed by atoms with E-state index >= 15 is 0 Å². The van der Waals surface area contributed by atoms with Gasteiger partial charge < -0.3 is 19.9 Å². The van der Waals surface area contributed by atoms with E-state index < -0.39 is 0 Å². The number of imidazole rings is 1. The standard InChI is InChI=1S/C20H29N5O2/c1-15(2)19-21-8-11-24(19)9-3-7-22-20(27)17-4-5-18(23-12-17)25-10-6-16(13-25)14-26/h4-5,8,11-12,15-16,26H,3,6-7,9-10,13-14H2,1-2H3,(H,22,27)/t16-/m1/s1. The number of carbonyl (C=O) groups excluding carboxylic acids is 1. The van der Waals surface area contributed by atoms with Gasteiger partial charge in [0.05, 0.1) is 5.56 Å². The number of aliphatic hydroxyl groups is 1. The maximum atomic E-state index is 12.3. The van der Waals surface area contributed by atoms with E-state index in [1.807, 2.05) is 24.5 Å². The van der Waals surface area contributed by atoms with Crippen LogP contribution in [-0.2, 0) is 6.54 Å². The molecule has 2 aromatic heterocycles. The summed E-state index contributed by atoms with van der Waals surface area (Å²) in [5, 5.41) is 12.2. The number of amides is 1. The number of carbonyl (C=O) groups is 1. The summed E-state index contributed by atoms with van der Waals surface area (Å²) in [5.74, 6) is 2.55. The number of hydrogen-bond donors (Lipinski definition) is 2. The summed E-state index contributed by atoms with van der Waals surface area (Å²) in [5.41, 5.74) is 0.571. The summed E-state index contributed by atoms with van der Waals surface area (Å²) in [6.45, 7) is 7.64. The van der Waals surface area contributed by atoms with Gasteiger partial charge in [0.15, 0.2) is 0 Å². The second kappa shape index (κ2) is 8.99. The van der Waals surface area contributed by atoms with Crippen molar-refractivity contribution in [1.29, 1.82) is 0 Å². The SMILES string of the molecule is CC(C)c1nccn1CCCNC(=O)c1ccc(N2CC[C@@H](CO)C2)nc1. The summed E-state index contributed by atoms with van der Waals surface area (Å²) in [6, 6.07) is 3.70. The molecule has 3 rings (SSSR count). The zero-order chi connectivity index (χ0) is 19.2. The molecule has 0 aliphatic carbocycles. The molecule has 1 aliphatic heterocycles. The Bertz CT molecular complexity index is 741. The topological polar surface area (TPSA) is 83.3 Å². The second-order valence-corrected chi connectivity index (χ2v) is 7.43. The lowest BCUT2D eigenvalue weighted by Gasteiger charge is -2.17. The van der Waals surface area contributed by atoms with Crippen molar-refractivity contribution in [2.24, 2.45) is 5.92 Å². The van der Waals surface area contributed by atoms with Crippen LogP contribution in [0.2, 0.25) is 0 Å². The maximum Gasteiger partial charge on any atom is 0.252 e. The quantitative estimate of drug-likeness (QED) is 0.694. The number of pyridine rings is 1. The molecule has 0 unspecified atom stereocenters. The highest BCUT2D eigenvalue weighted by atomic mass is 16.3. The van der Waals surface area contributed by atoms with Crippen LogP contribution in [0.3, 0.4) is 0 Å². The van der Waals surface area contributed by atoms with Crippen LogP contribution in [0.4, 0.5) is 5.82 Å². The number of aryl methyl sites for hydroxylation is 1. The molecular weight excluding hydrogens is 342 g/mol. The number of nitrogens with zero attached hydrogens (tertiary/aromatic N) is 4. The van der Waals surface area contributed by atoms with Crippen LogP contribution in [0.5, 0.6) is 0 Å². The average Bonchev–Trinajstić information content (AvgIpc) is 3.34. The highest BCUT2D eigenvalue weighted by molar-refractivity contribution is 5.94. The number of hydrogen-bond acceptors (Lipinski definition) is 5. The largest absolute Gasteiger partial charge is 0.396 e. The first-order valence-corrected chi connectivity index (χ1v) is 9.69. The lowest BCUT2D eigenvalue weighted by Crippen LogP contribution is -2.26. The molecule has 1 fully saturated rings. The summed E-state index contributed by atoms with van der Waals surface area (Å²) in [4.78, 5) is 23.2. The van der Waals surface area contributed by atoms with Crippen molar-refractivity contribution in [3.05, 3.63) is 42.1 Å². The van der Waals surface area contributed by atoms with Crippen LogP contribution < -0.4 is 10.2 Å². The van der Waals surface area contributed by atoms with Crippen molar-refractivity contribution in [2.45, 2.75) is 39.2 Å². The molecule has 1 saturated heterocycles. The molecule has 1 atom stereocenters. The third kappa shape index (κ3) is 4.86. The van der Waals surface area contributed by atoms with Crippen molar-refractivity contribution in [3.63, 3.8) is 0 Å². The fraction of sp³-hybridized carbons (Fsp3) is 0.550. The summed E-state index contributed by atoms with van der Waals surface area (Å²) in [6.07, 6.45) is 7.27. The molecule has 0 radical (unpaired) electrons. The fourth-order valence-corrected chi connectivity index (χ4v) is 3.46. The molecular formula is C20H29N5O2. The van der Waals surface area contributed by atoms with Gasteiger partial charge >= 0.3 is 0 Å². The Hall–Kier alpha value is -2.41. The van der Waals surface area contributed by atoms with Crippen molar-refractivity contribution in [2.75, 3.05) is 31.1 Å². The zero-order valence-corrected chi connectivity index (χ0v) is 16.1. The Balaban J connectivity index is 1.45. The minimum atomic E-state index is -0.0987. The number of aliphatic hydroxyl groups excluding tert-OH is 1. The molecule has 27 heavy (non-hydrogen) atoms. The summed E-state index contributed by atoms with van der Waals surface area (Å²) >= 11 is 0. The summed E-state index contributed by atoms with van der Waals surface area (Å²) < 4.78 is 2.14. The van der Waals surface area contributed by atoms with Gasteiger partial charge in [0.25, 0.3) is 5.91 Å². The van der Waals surface area contributed by atoms with Crippen LogP contribution >= 0.6 is 0 Å². The molecule has 0 saturated carbocycles. The van der Waals surface area contributed by atoms with E-state index in [2.05, 4.69) is 38.6 Å². The fourth-order valence-electron chi connectivity index (χ4n) is 3.46. The highest BCUT2D eigenvalue weighted by Gasteiger charge is 2.22. The lowest BCUT2D eigenvalue weighted by atomic mass is 10.1. The number of aromatic nitrogens is 3. The monoisotopic (exact) mass is 371 g/mol. The van der Waals surface area contributed by atoms with Gasteiger partial charge in [0, 0.05) is 63.2 Å². The first-order chi connectivity index (χ1) is 13.1. The molecule has 0 bridgehead atoms. The first kappa shape index (κ1) is 19.4. The van der Waals surface area contributed by atoms with Crippen LogP contribution in [0.1, 0.15) is 48.8 Å². The van der Waals surface area contributed by atoms with E-state index in [1.54, 1.807) is 6.20 Å². The first-order valence-electron chi connectivity index (χ1n) is 9.69. The minimum Gasteiger partial charge on any atom is -0.396 e. The summed E-state index contributed by atoms with van der Waals surface area (Å²) in [7, 11) is 0. The van der Waals surface area contributed by atoms with Gasteiger partial charge in [-0.2, -0.15) is 0 Å². The predicted octanol–water partition coefficient (Wildman–Crippen LogP) is 2.04. The molecule has 2 N–H and O–H groups in total. The minimum absolute atomic E-state index is 0.0987. The Morgan fingerprint density at radius 2 is 2.22 bits per heavy atom. The number of anilines is 1. The third-order valence-corrected chi connectivity index (χ3v) is 5.00. The van der Waals surface area contributed by atoms with Gasteiger partial charge in [-0.25, -0.2) is 9.97 Å². The second-order valence-electron chi connectivity index (χ2n) is 7.43. The third-order valence-electron chi connectivity index (χ3n) is 5.00. The predicted molar refractivity (Wildman–Crippen MR) is 105 cm³/mol. The Morgan fingerprint density at radius 3 is 2.89 bits per heavy atom. The van der Waals surface area contributed by atoms with Gasteiger partial charge in [-0.3, -0.25) is 4.79 Å². The van der Waals surface area contributed by atoms with Crippen molar-refractivity contribution >= 4 is 11.7 Å².